The molecule has 4 rings (SSSR count). The maximum Gasteiger partial charge on any atom is 0.263 e. The molecule has 0 saturated carbocycles. The summed E-state index contributed by atoms with van der Waals surface area (Å²) in [5, 5.41) is 4.08. The minimum absolute atomic E-state index is 0.0705. The number of fused-ring (bicyclic) bond motifs is 1. The highest BCUT2D eigenvalue weighted by Gasteiger charge is 2.16. The average molecular weight is 408 g/mol. The monoisotopic (exact) mass is 408 g/mol. The van der Waals surface area contributed by atoms with Gasteiger partial charge in [-0.3, -0.25) is 9.71 Å². The molecule has 1 aromatic carbocycles. The van der Waals surface area contributed by atoms with Crippen LogP contribution in [0.25, 0.3) is 16.8 Å². The van der Waals surface area contributed by atoms with E-state index in [1.165, 1.54) is 6.20 Å². The Balaban J connectivity index is 1.64. The predicted molar refractivity (Wildman–Crippen MR) is 112 cm³/mol. The molecule has 148 valence electrons. The van der Waals surface area contributed by atoms with Crippen molar-refractivity contribution in [2.75, 3.05) is 10.5 Å². The van der Waals surface area contributed by atoms with E-state index < -0.39 is 10.0 Å². The fourth-order valence-electron chi connectivity index (χ4n) is 2.94. The van der Waals surface area contributed by atoms with Gasteiger partial charge >= 0.3 is 0 Å². The summed E-state index contributed by atoms with van der Waals surface area (Å²) in [5.41, 5.74) is 9.24. The van der Waals surface area contributed by atoms with Gasteiger partial charge in [0.05, 0.1) is 0 Å². The summed E-state index contributed by atoms with van der Waals surface area (Å²) in [7, 11) is -3.78. The Kier molecular flexibility index (Phi) is 4.67. The molecule has 0 radical (unpaired) electrons. The fraction of sp³-hybridized carbons (Fsp3) is 0.150. The van der Waals surface area contributed by atoms with Gasteiger partial charge < -0.3 is 5.73 Å². The smallest absolute Gasteiger partial charge is 0.263 e. The zero-order valence-electron chi connectivity index (χ0n) is 15.9. The number of pyridine rings is 2. The molecule has 29 heavy (non-hydrogen) atoms. The lowest BCUT2D eigenvalue weighted by atomic mass is 10.0. The van der Waals surface area contributed by atoms with Gasteiger partial charge in [0.15, 0.2) is 5.65 Å². The zero-order chi connectivity index (χ0) is 20.6. The summed E-state index contributed by atoms with van der Waals surface area (Å²) >= 11 is 0. The third-order valence-electron chi connectivity index (χ3n) is 4.53. The van der Waals surface area contributed by atoms with Crippen LogP contribution in [0, 0.1) is 0 Å². The van der Waals surface area contributed by atoms with Gasteiger partial charge in [0.2, 0.25) is 5.95 Å². The van der Waals surface area contributed by atoms with Crippen LogP contribution in [0.5, 0.6) is 0 Å². The van der Waals surface area contributed by atoms with E-state index in [9.17, 15) is 8.42 Å². The summed E-state index contributed by atoms with van der Waals surface area (Å²) in [6, 6.07) is 12.5. The van der Waals surface area contributed by atoms with Gasteiger partial charge in [0.1, 0.15) is 4.90 Å². The Morgan fingerprint density at radius 1 is 1.03 bits per heavy atom. The number of aromatic nitrogens is 4. The van der Waals surface area contributed by atoms with Gasteiger partial charge in [-0.25, -0.2) is 12.9 Å². The molecule has 0 bridgehead atoms. The number of nitrogens with two attached hydrogens (primary N) is 1. The van der Waals surface area contributed by atoms with Crippen LogP contribution in [0.2, 0.25) is 0 Å². The molecule has 3 aromatic heterocycles. The van der Waals surface area contributed by atoms with Gasteiger partial charge in [-0.15, -0.1) is 5.10 Å². The standard InChI is InChI=1S/C20H20N6O2S/c1-13(2)14-3-6-17(7-4-14)25-29(27,28)18-9-16(10-22-11-18)15-5-8-19-23-20(21)24-26(19)12-15/h3-13,25H,1-2H3,(H2,21,24). The summed E-state index contributed by atoms with van der Waals surface area (Å²) in [6.07, 6.45) is 4.64. The first kappa shape index (κ1) is 18.9. The number of nitrogen functional groups attached to an aromatic ring is 1. The SMILES string of the molecule is CC(C)c1ccc(NS(=O)(=O)c2cncc(-c3ccc4nc(N)nn4c3)c2)cc1. The van der Waals surface area contributed by atoms with Crippen molar-refractivity contribution >= 4 is 27.3 Å². The molecule has 0 amide bonds. The molecule has 9 heteroatoms. The molecule has 4 aromatic rings. The molecular weight excluding hydrogens is 388 g/mol. The summed E-state index contributed by atoms with van der Waals surface area (Å²) < 4.78 is 29.8. The van der Waals surface area contributed by atoms with Crippen molar-refractivity contribution < 1.29 is 8.42 Å². The molecule has 0 aliphatic carbocycles. The predicted octanol–water partition coefficient (Wildman–Crippen LogP) is 3.30. The lowest BCUT2D eigenvalue weighted by Crippen LogP contribution is -2.13. The number of nitrogens with zero attached hydrogens (tertiary/aromatic N) is 4. The van der Waals surface area contributed by atoms with E-state index in [-0.39, 0.29) is 10.8 Å². The average Bonchev–Trinajstić information content (AvgIpc) is 3.07. The Labute approximate surface area is 168 Å². The number of rotatable bonds is 5. The molecular formula is C20H20N6O2S. The van der Waals surface area contributed by atoms with Crippen LogP contribution in [0.4, 0.5) is 11.6 Å². The van der Waals surface area contributed by atoms with E-state index in [4.69, 9.17) is 5.73 Å². The highest BCUT2D eigenvalue weighted by Crippen LogP contribution is 2.24. The first-order valence-electron chi connectivity index (χ1n) is 9.02. The fourth-order valence-corrected chi connectivity index (χ4v) is 3.99. The number of nitrogens with one attached hydrogen (secondary N) is 1. The third kappa shape index (κ3) is 3.90. The first-order chi connectivity index (χ1) is 13.8. The number of benzene rings is 1. The van der Waals surface area contributed by atoms with E-state index in [1.807, 2.05) is 18.2 Å². The molecule has 0 saturated heterocycles. The van der Waals surface area contributed by atoms with E-state index in [2.05, 4.69) is 33.6 Å². The Hall–Kier alpha value is -3.46. The minimum Gasteiger partial charge on any atom is -0.366 e. The molecule has 8 nitrogen and oxygen atoms in total. The van der Waals surface area contributed by atoms with Gasteiger partial charge in [-0.05, 0) is 41.8 Å². The maximum atomic E-state index is 12.8. The minimum atomic E-state index is -3.78. The van der Waals surface area contributed by atoms with Crippen LogP contribution in [0.15, 0.2) is 66.0 Å². The van der Waals surface area contributed by atoms with Crippen LogP contribution < -0.4 is 10.5 Å². The van der Waals surface area contributed by atoms with Gasteiger partial charge in [-0.1, -0.05) is 26.0 Å². The van der Waals surface area contributed by atoms with Crippen molar-refractivity contribution in [3.05, 3.63) is 66.6 Å². The Morgan fingerprint density at radius 3 is 2.52 bits per heavy atom. The van der Waals surface area contributed by atoms with E-state index in [0.29, 0.717) is 22.8 Å². The second-order valence-corrected chi connectivity index (χ2v) is 8.66. The third-order valence-corrected chi connectivity index (χ3v) is 5.88. The Morgan fingerprint density at radius 2 is 1.79 bits per heavy atom. The van der Waals surface area contributed by atoms with Gasteiger partial charge in [0.25, 0.3) is 10.0 Å². The van der Waals surface area contributed by atoms with Crippen molar-refractivity contribution in [2.45, 2.75) is 24.7 Å². The van der Waals surface area contributed by atoms with E-state index >= 15 is 0 Å². The first-order valence-corrected chi connectivity index (χ1v) is 10.5. The lowest BCUT2D eigenvalue weighted by molar-refractivity contribution is 0.601. The summed E-state index contributed by atoms with van der Waals surface area (Å²) in [6.45, 7) is 4.17. The molecule has 3 N–H and O–H groups in total. The lowest BCUT2D eigenvalue weighted by Gasteiger charge is -2.11. The number of hydrogen-bond donors (Lipinski definition) is 2. The Bertz CT molecular complexity index is 1280. The molecule has 3 heterocycles. The van der Waals surface area contributed by atoms with Crippen molar-refractivity contribution in [3.63, 3.8) is 0 Å². The van der Waals surface area contributed by atoms with Crippen molar-refractivity contribution in [1.82, 2.24) is 19.6 Å². The molecule has 0 unspecified atom stereocenters. The zero-order valence-corrected chi connectivity index (χ0v) is 16.8. The molecule has 0 spiro atoms. The quantitative estimate of drug-likeness (QED) is 0.523. The normalized spacial score (nSPS) is 11.8. The molecule has 0 fully saturated rings. The van der Waals surface area contributed by atoms with Gasteiger partial charge in [0, 0.05) is 35.4 Å². The van der Waals surface area contributed by atoms with Crippen LogP contribution in [0.1, 0.15) is 25.3 Å². The highest BCUT2D eigenvalue weighted by molar-refractivity contribution is 7.92. The topological polar surface area (TPSA) is 115 Å². The maximum absolute atomic E-state index is 12.8. The van der Waals surface area contributed by atoms with E-state index in [0.717, 1.165) is 11.1 Å². The highest BCUT2D eigenvalue weighted by atomic mass is 32.2. The molecule has 0 aliphatic rings. The number of anilines is 2. The van der Waals surface area contributed by atoms with Crippen LogP contribution in [0.3, 0.4) is 0 Å². The van der Waals surface area contributed by atoms with Gasteiger partial charge in [-0.2, -0.15) is 4.98 Å². The second kappa shape index (κ2) is 7.17. The number of sulfonamides is 1. The second-order valence-electron chi connectivity index (χ2n) is 6.98. The van der Waals surface area contributed by atoms with E-state index in [1.54, 1.807) is 41.2 Å². The van der Waals surface area contributed by atoms with Crippen LogP contribution >= 0.6 is 0 Å². The van der Waals surface area contributed by atoms with Crippen molar-refractivity contribution in [2.24, 2.45) is 0 Å². The number of hydrogen-bond acceptors (Lipinski definition) is 6. The van der Waals surface area contributed by atoms with Crippen molar-refractivity contribution in [1.29, 1.82) is 0 Å². The van der Waals surface area contributed by atoms with Crippen molar-refractivity contribution in [3.8, 4) is 11.1 Å². The van der Waals surface area contributed by atoms with Crippen LogP contribution in [-0.4, -0.2) is 28.0 Å². The van der Waals surface area contributed by atoms with Crippen LogP contribution in [-0.2, 0) is 10.0 Å². The molecule has 0 atom stereocenters. The summed E-state index contributed by atoms with van der Waals surface area (Å²) in [4.78, 5) is 8.25. The molecule has 0 aliphatic heterocycles. The largest absolute Gasteiger partial charge is 0.366 e. The summed E-state index contributed by atoms with van der Waals surface area (Å²) in [5.74, 6) is 0.545.